The molecule has 10 nitrogen and oxygen atoms in total. The summed E-state index contributed by atoms with van der Waals surface area (Å²) in [6.45, 7) is 7.25. The number of primary amides is 1. The van der Waals surface area contributed by atoms with Crippen LogP contribution in [0.5, 0.6) is 0 Å². The van der Waals surface area contributed by atoms with E-state index in [-0.39, 0.29) is 23.8 Å². The van der Waals surface area contributed by atoms with Crippen molar-refractivity contribution >= 4 is 29.6 Å². The number of piperidine rings is 1. The minimum atomic E-state index is -0.594. The smallest absolute Gasteiger partial charge is 0.369 e. The van der Waals surface area contributed by atoms with Gasteiger partial charge < -0.3 is 10.6 Å². The van der Waals surface area contributed by atoms with Gasteiger partial charge in [0.2, 0.25) is 17.8 Å². The SMILES string of the molecule is Cc1c(C)[n+](CCN2CCC(C(N)=O)CC2)c2n1C1C(=O)N(C)C(=O)N(C)C1=N2. The summed E-state index contributed by atoms with van der Waals surface area (Å²) in [4.78, 5) is 46.1. The summed E-state index contributed by atoms with van der Waals surface area (Å²) in [5.74, 6) is 0.696. The van der Waals surface area contributed by atoms with Crippen molar-refractivity contribution in [3.63, 3.8) is 0 Å². The van der Waals surface area contributed by atoms with Crippen molar-refractivity contribution in [1.82, 2.24) is 19.3 Å². The second-order valence-corrected chi connectivity index (χ2v) is 8.12. The van der Waals surface area contributed by atoms with E-state index in [2.05, 4.69) is 9.47 Å². The molecule has 1 unspecified atom stereocenters. The zero-order valence-corrected chi connectivity index (χ0v) is 17.4. The number of nitrogens with zero attached hydrogens (tertiary/aromatic N) is 6. The van der Waals surface area contributed by atoms with Gasteiger partial charge in [-0.2, -0.15) is 0 Å². The molecule has 2 fully saturated rings. The molecule has 0 radical (unpaired) electrons. The van der Waals surface area contributed by atoms with Crippen molar-refractivity contribution in [2.75, 3.05) is 33.7 Å². The number of urea groups is 1. The van der Waals surface area contributed by atoms with E-state index in [1.54, 1.807) is 7.05 Å². The Morgan fingerprint density at radius 3 is 2.45 bits per heavy atom. The van der Waals surface area contributed by atoms with Gasteiger partial charge in [0.15, 0.2) is 0 Å². The molecule has 2 N–H and O–H groups in total. The number of aromatic nitrogens is 2. The number of fused-ring (bicyclic) bond motifs is 3. The Morgan fingerprint density at radius 1 is 1.17 bits per heavy atom. The highest BCUT2D eigenvalue weighted by atomic mass is 16.2. The Hall–Kier alpha value is -2.75. The third-order valence-corrected chi connectivity index (χ3v) is 6.58. The Morgan fingerprint density at radius 2 is 1.83 bits per heavy atom. The van der Waals surface area contributed by atoms with Crippen LogP contribution >= 0.6 is 0 Å². The van der Waals surface area contributed by atoms with Gasteiger partial charge in [0.25, 0.3) is 5.91 Å². The molecule has 1 aromatic rings. The number of likely N-dealkylation sites (N-methyl/N-ethyl adjacent to an activating group) is 2. The summed E-state index contributed by atoms with van der Waals surface area (Å²) >= 11 is 0. The van der Waals surface area contributed by atoms with Crippen molar-refractivity contribution in [2.24, 2.45) is 16.6 Å². The largest absolute Gasteiger partial charge is 0.402 e. The molecular formula is C19H28N7O3+. The van der Waals surface area contributed by atoms with Crippen molar-refractivity contribution in [2.45, 2.75) is 39.3 Å². The lowest BCUT2D eigenvalue weighted by Gasteiger charge is -2.30. The molecule has 2 saturated heterocycles. The molecule has 4 amide bonds. The summed E-state index contributed by atoms with van der Waals surface area (Å²) in [5, 5.41) is 0. The lowest BCUT2D eigenvalue weighted by Crippen LogP contribution is -2.56. The van der Waals surface area contributed by atoms with Crippen LogP contribution in [0.25, 0.3) is 0 Å². The molecule has 0 bridgehead atoms. The average Bonchev–Trinajstić information content (AvgIpc) is 3.20. The summed E-state index contributed by atoms with van der Waals surface area (Å²) in [6, 6.07) is -0.960. The number of hydrogen-bond acceptors (Lipinski definition) is 5. The second kappa shape index (κ2) is 6.94. The maximum absolute atomic E-state index is 12.8. The summed E-state index contributed by atoms with van der Waals surface area (Å²) < 4.78 is 4.05. The fourth-order valence-electron chi connectivity index (χ4n) is 4.53. The van der Waals surface area contributed by atoms with E-state index in [1.807, 2.05) is 18.4 Å². The lowest BCUT2D eigenvalue weighted by molar-refractivity contribution is -0.688. The predicted molar refractivity (Wildman–Crippen MR) is 105 cm³/mol. The van der Waals surface area contributed by atoms with Crippen LogP contribution < -0.4 is 10.3 Å². The summed E-state index contributed by atoms with van der Waals surface area (Å²) in [6.07, 6.45) is 1.59. The lowest BCUT2D eigenvalue weighted by atomic mass is 9.96. The van der Waals surface area contributed by atoms with Gasteiger partial charge in [-0.25, -0.2) is 13.9 Å². The van der Waals surface area contributed by atoms with Crippen molar-refractivity contribution in [3.8, 4) is 0 Å². The zero-order chi connectivity index (χ0) is 21.0. The number of hydrogen-bond donors (Lipinski definition) is 1. The quantitative estimate of drug-likeness (QED) is 0.698. The number of amidine groups is 1. The van der Waals surface area contributed by atoms with Crippen LogP contribution in [0.4, 0.5) is 10.7 Å². The average molecular weight is 402 g/mol. The van der Waals surface area contributed by atoms with Gasteiger partial charge in [-0.15, -0.1) is 0 Å². The van der Waals surface area contributed by atoms with Crippen LogP contribution in [0.15, 0.2) is 4.99 Å². The molecule has 4 rings (SSSR count). The fourth-order valence-corrected chi connectivity index (χ4v) is 4.53. The van der Waals surface area contributed by atoms with E-state index in [0.717, 1.165) is 55.3 Å². The number of rotatable bonds is 4. The number of amides is 4. The van der Waals surface area contributed by atoms with Crippen LogP contribution in [-0.4, -0.2) is 76.7 Å². The minimum absolute atomic E-state index is 0.0211. The number of carbonyl (C=O) groups is 3. The molecule has 1 atom stereocenters. The third-order valence-electron chi connectivity index (χ3n) is 6.58. The van der Waals surface area contributed by atoms with Crippen LogP contribution in [0.3, 0.4) is 0 Å². The highest BCUT2D eigenvalue weighted by Crippen LogP contribution is 2.34. The Kier molecular flexibility index (Phi) is 4.68. The zero-order valence-electron chi connectivity index (χ0n) is 17.4. The van der Waals surface area contributed by atoms with Crippen LogP contribution in [0.1, 0.15) is 30.3 Å². The van der Waals surface area contributed by atoms with E-state index in [0.29, 0.717) is 11.8 Å². The summed E-state index contributed by atoms with van der Waals surface area (Å²) in [5.41, 5.74) is 7.46. The van der Waals surface area contributed by atoms with Crippen molar-refractivity contribution in [1.29, 1.82) is 0 Å². The van der Waals surface area contributed by atoms with Gasteiger partial charge in [-0.3, -0.25) is 19.4 Å². The molecule has 0 aliphatic carbocycles. The number of likely N-dealkylation sites (tertiary alicyclic amines) is 1. The first-order chi connectivity index (χ1) is 13.7. The van der Waals surface area contributed by atoms with E-state index in [4.69, 9.17) is 10.7 Å². The third kappa shape index (κ3) is 2.93. The molecule has 0 aromatic carbocycles. The van der Waals surface area contributed by atoms with E-state index in [1.165, 1.54) is 11.9 Å². The first-order valence-corrected chi connectivity index (χ1v) is 9.99. The minimum Gasteiger partial charge on any atom is -0.369 e. The highest BCUT2D eigenvalue weighted by Gasteiger charge is 2.53. The van der Waals surface area contributed by atoms with E-state index < -0.39 is 6.04 Å². The van der Waals surface area contributed by atoms with Crippen LogP contribution in [-0.2, 0) is 16.1 Å². The fraction of sp³-hybridized carbons (Fsp3) is 0.632. The molecule has 156 valence electrons. The van der Waals surface area contributed by atoms with Gasteiger partial charge in [-0.05, 0) is 39.8 Å². The van der Waals surface area contributed by atoms with E-state index >= 15 is 0 Å². The predicted octanol–water partition coefficient (Wildman–Crippen LogP) is -0.302. The number of nitrogens with two attached hydrogens (primary N) is 1. The van der Waals surface area contributed by atoms with Gasteiger partial charge in [0, 0.05) is 26.6 Å². The van der Waals surface area contributed by atoms with Gasteiger partial charge in [0.05, 0.1) is 6.54 Å². The molecule has 1 aromatic heterocycles. The molecule has 10 heteroatoms. The maximum atomic E-state index is 12.8. The Bertz CT molecular complexity index is 927. The molecule has 0 saturated carbocycles. The highest BCUT2D eigenvalue weighted by molar-refractivity contribution is 6.20. The Labute approximate surface area is 169 Å². The molecule has 29 heavy (non-hydrogen) atoms. The number of aliphatic imine (C=N–C) groups is 1. The van der Waals surface area contributed by atoms with Gasteiger partial charge in [0.1, 0.15) is 11.4 Å². The van der Waals surface area contributed by atoms with Crippen molar-refractivity contribution < 1.29 is 19.0 Å². The molecule has 3 aliphatic rings. The standard InChI is InChI=1S/C19H27N7O3/c1-11-12(2)26-14-16(22(3)19(29)23(4)17(14)28)21-18(26)25(11)10-9-24-7-5-13(6-8-24)15(20)27/h13-14H,5-10H2,1-4H3,(H-,20,27)/p+1. The number of imidazole rings is 1. The Balaban J connectivity index is 1.57. The molecular weight excluding hydrogens is 374 g/mol. The normalized spacial score (nSPS) is 22.8. The van der Waals surface area contributed by atoms with E-state index in [9.17, 15) is 14.4 Å². The first kappa shape index (κ1) is 19.6. The first-order valence-electron chi connectivity index (χ1n) is 9.99. The second-order valence-electron chi connectivity index (χ2n) is 8.12. The van der Waals surface area contributed by atoms with Gasteiger partial charge >= 0.3 is 12.0 Å². The molecule has 0 spiro atoms. The van der Waals surface area contributed by atoms with Crippen molar-refractivity contribution in [3.05, 3.63) is 11.4 Å². The maximum Gasteiger partial charge on any atom is 0.402 e. The summed E-state index contributed by atoms with van der Waals surface area (Å²) in [7, 11) is 3.16. The van der Waals surface area contributed by atoms with Gasteiger partial charge in [-0.1, -0.05) is 4.99 Å². The van der Waals surface area contributed by atoms with Crippen LogP contribution in [0, 0.1) is 19.8 Å². The monoisotopic (exact) mass is 402 g/mol. The number of carbonyl (C=O) groups excluding carboxylic acids is 3. The number of imide groups is 1. The molecule has 3 aliphatic heterocycles. The van der Waals surface area contributed by atoms with Crippen LogP contribution in [0.2, 0.25) is 0 Å². The molecule has 4 heterocycles. The topological polar surface area (TPSA) is 108 Å².